The summed E-state index contributed by atoms with van der Waals surface area (Å²) in [6, 6.07) is -0.329. The average Bonchev–Trinajstić information content (AvgIpc) is 2.90. The Morgan fingerprint density at radius 2 is 1.70 bits per heavy atom. The van der Waals surface area contributed by atoms with E-state index in [1.165, 1.54) is 32.1 Å². The van der Waals surface area contributed by atoms with Crippen LogP contribution in [0.15, 0.2) is 0 Å². The Balaban J connectivity index is 1.70. The topological polar surface area (TPSA) is 78.4 Å². The van der Waals surface area contributed by atoms with Crippen molar-refractivity contribution in [3.63, 3.8) is 0 Å². The van der Waals surface area contributed by atoms with Gasteiger partial charge in [-0.1, -0.05) is 44.9 Å². The van der Waals surface area contributed by atoms with E-state index in [4.69, 9.17) is 0 Å². The number of hydrogen-bond acceptors (Lipinski definition) is 2. The lowest BCUT2D eigenvalue weighted by atomic mass is 9.87. The van der Waals surface area contributed by atoms with Gasteiger partial charge in [0.05, 0.1) is 0 Å². The van der Waals surface area contributed by atoms with Crippen LogP contribution in [0.5, 0.6) is 0 Å². The Kier molecular flexibility index (Phi) is 5.26. The Morgan fingerprint density at radius 1 is 1.05 bits per heavy atom. The van der Waals surface area contributed by atoms with Gasteiger partial charge in [-0.3, -0.25) is 0 Å². The fourth-order valence-electron chi connectivity index (χ4n) is 3.50. The Labute approximate surface area is 120 Å². The summed E-state index contributed by atoms with van der Waals surface area (Å²) in [7, 11) is 0. The molecule has 0 unspecified atom stereocenters. The minimum atomic E-state index is -1.03. The Morgan fingerprint density at radius 3 is 2.30 bits per heavy atom. The van der Waals surface area contributed by atoms with Crippen molar-refractivity contribution in [1.29, 1.82) is 0 Å². The van der Waals surface area contributed by atoms with Gasteiger partial charge in [-0.2, -0.15) is 0 Å². The molecule has 2 aliphatic rings. The van der Waals surface area contributed by atoms with Crippen LogP contribution < -0.4 is 10.6 Å². The number of carbonyl (C=O) groups is 2. The van der Waals surface area contributed by atoms with Gasteiger partial charge in [0, 0.05) is 6.54 Å². The molecule has 20 heavy (non-hydrogen) atoms. The molecule has 2 rings (SSSR count). The van der Waals surface area contributed by atoms with E-state index in [-0.39, 0.29) is 6.03 Å². The Bertz CT molecular complexity index is 345. The van der Waals surface area contributed by atoms with Crippen molar-refractivity contribution in [3.8, 4) is 0 Å². The van der Waals surface area contributed by atoms with Gasteiger partial charge in [0.1, 0.15) is 5.54 Å². The third kappa shape index (κ3) is 3.87. The minimum absolute atomic E-state index is 0.329. The van der Waals surface area contributed by atoms with Crippen LogP contribution in [-0.2, 0) is 4.79 Å². The number of hydrogen-bond donors (Lipinski definition) is 3. The highest BCUT2D eigenvalue weighted by Gasteiger charge is 2.42. The summed E-state index contributed by atoms with van der Waals surface area (Å²) in [5.41, 5.74) is -1.03. The maximum atomic E-state index is 11.9. The molecule has 2 aliphatic carbocycles. The third-order valence-corrected chi connectivity index (χ3v) is 4.78. The monoisotopic (exact) mass is 282 g/mol. The van der Waals surface area contributed by atoms with E-state index in [0.717, 1.165) is 25.2 Å². The molecule has 0 heterocycles. The molecule has 3 N–H and O–H groups in total. The summed E-state index contributed by atoms with van der Waals surface area (Å²) < 4.78 is 0. The van der Waals surface area contributed by atoms with Crippen LogP contribution in [0.3, 0.4) is 0 Å². The van der Waals surface area contributed by atoms with Crippen LogP contribution >= 0.6 is 0 Å². The number of carboxylic acids is 1. The lowest BCUT2D eigenvalue weighted by Gasteiger charge is -2.26. The second-order valence-electron chi connectivity index (χ2n) is 6.27. The molecule has 2 fully saturated rings. The SMILES string of the molecule is O=C(NCCC1CCCCC1)NC1(C(=O)O)CCCC1. The zero-order valence-corrected chi connectivity index (χ0v) is 12.1. The van der Waals surface area contributed by atoms with Crippen molar-refractivity contribution in [2.45, 2.75) is 69.7 Å². The van der Waals surface area contributed by atoms with Crippen LogP contribution in [0.25, 0.3) is 0 Å². The molecule has 114 valence electrons. The number of carbonyl (C=O) groups excluding carboxylic acids is 1. The smallest absolute Gasteiger partial charge is 0.329 e. The summed E-state index contributed by atoms with van der Waals surface area (Å²) in [5, 5.41) is 14.8. The highest BCUT2D eigenvalue weighted by Crippen LogP contribution is 2.30. The van der Waals surface area contributed by atoms with Crippen molar-refractivity contribution in [1.82, 2.24) is 10.6 Å². The molecule has 0 radical (unpaired) electrons. The fraction of sp³-hybridized carbons (Fsp3) is 0.867. The first kappa shape index (κ1) is 15.1. The number of amides is 2. The van der Waals surface area contributed by atoms with Crippen molar-refractivity contribution < 1.29 is 14.7 Å². The zero-order chi connectivity index (χ0) is 14.4. The van der Waals surface area contributed by atoms with Gasteiger partial charge in [-0.05, 0) is 25.2 Å². The second-order valence-corrected chi connectivity index (χ2v) is 6.27. The lowest BCUT2D eigenvalue weighted by Crippen LogP contribution is -2.55. The first-order chi connectivity index (χ1) is 9.62. The van der Waals surface area contributed by atoms with Crippen LogP contribution in [0.2, 0.25) is 0 Å². The van der Waals surface area contributed by atoms with Gasteiger partial charge in [-0.15, -0.1) is 0 Å². The van der Waals surface area contributed by atoms with Gasteiger partial charge in [0.2, 0.25) is 0 Å². The predicted molar refractivity (Wildman–Crippen MR) is 76.6 cm³/mol. The fourth-order valence-corrected chi connectivity index (χ4v) is 3.50. The molecule has 0 saturated heterocycles. The highest BCUT2D eigenvalue weighted by atomic mass is 16.4. The first-order valence-electron chi connectivity index (χ1n) is 7.92. The van der Waals surface area contributed by atoms with Gasteiger partial charge in [0.15, 0.2) is 0 Å². The molecule has 0 aromatic rings. The standard InChI is InChI=1S/C15H26N2O3/c18-13(19)15(9-4-5-10-15)17-14(20)16-11-8-12-6-2-1-3-7-12/h12H,1-11H2,(H,18,19)(H2,16,17,20). The number of nitrogens with one attached hydrogen (secondary N) is 2. The number of aliphatic carboxylic acids is 1. The lowest BCUT2D eigenvalue weighted by molar-refractivity contribution is -0.144. The molecule has 0 aromatic heterocycles. The van der Waals surface area contributed by atoms with Crippen molar-refractivity contribution >= 4 is 12.0 Å². The zero-order valence-electron chi connectivity index (χ0n) is 12.1. The first-order valence-corrected chi connectivity index (χ1v) is 7.92. The van der Waals surface area contributed by atoms with Crippen molar-refractivity contribution in [2.24, 2.45) is 5.92 Å². The quantitative estimate of drug-likeness (QED) is 0.725. The number of urea groups is 1. The average molecular weight is 282 g/mol. The predicted octanol–water partition coefficient (Wildman–Crippen LogP) is 2.65. The van der Waals surface area contributed by atoms with Gasteiger partial charge < -0.3 is 15.7 Å². The molecule has 5 heteroatoms. The molecule has 0 atom stereocenters. The third-order valence-electron chi connectivity index (χ3n) is 4.78. The van der Waals surface area contributed by atoms with Crippen LogP contribution in [0.4, 0.5) is 4.79 Å². The van der Waals surface area contributed by atoms with E-state index in [9.17, 15) is 14.7 Å². The minimum Gasteiger partial charge on any atom is -0.480 e. The van der Waals surface area contributed by atoms with E-state index in [2.05, 4.69) is 10.6 Å². The molecule has 0 aromatic carbocycles. The van der Waals surface area contributed by atoms with Crippen LogP contribution in [0.1, 0.15) is 64.2 Å². The maximum absolute atomic E-state index is 11.9. The number of carboxylic acid groups (broad SMARTS) is 1. The van der Waals surface area contributed by atoms with Crippen molar-refractivity contribution in [3.05, 3.63) is 0 Å². The maximum Gasteiger partial charge on any atom is 0.329 e. The molecule has 0 spiro atoms. The second kappa shape index (κ2) is 6.95. The molecule has 2 amide bonds. The summed E-state index contributed by atoms with van der Waals surface area (Å²) in [4.78, 5) is 23.2. The van der Waals surface area contributed by atoms with E-state index in [1.54, 1.807) is 0 Å². The van der Waals surface area contributed by atoms with Crippen molar-refractivity contribution in [2.75, 3.05) is 6.54 Å². The molecule has 0 aliphatic heterocycles. The molecule has 0 bridgehead atoms. The normalized spacial score (nSPS) is 22.4. The molecular weight excluding hydrogens is 256 g/mol. The largest absolute Gasteiger partial charge is 0.480 e. The van der Waals surface area contributed by atoms with Gasteiger partial charge in [-0.25, -0.2) is 9.59 Å². The molecular formula is C15H26N2O3. The number of rotatable bonds is 5. The molecule has 5 nitrogen and oxygen atoms in total. The van der Waals surface area contributed by atoms with E-state index < -0.39 is 11.5 Å². The van der Waals surface area contributed by atoms with Gasteiger partial charge >= 0.3 is 12.0 Å². The van der Waals surface area contributed by atoms with Crippen LogP contribution in [-0.4, -0.2) is 29.2 Å². The van der Waals surface area contributed by atoms with E-state index >= 15 is 0 Å². The summed E-state index contributed by atoms with van der Waals surface area (Å²) in [5.74, 6) is -0.179. The highest BCUT2D eigenvalue weighted by molar-refractivity contribution is 5.86. The Hall–Kier alpha value is -1.26. The van der Waals surface area contributed by atoms with Gasteiger partial charge in [0.25, 0.3) is 0 Å². The summed E-state index contributed by atoms with van der Waals surface area (Å²) in [6.45, 7) is 0.645. The van der Waals surface area contributed by atoms with E-state index in [0.29, 0.717) is 19.4 Å². The van der Waals surface area contributed by atoms with Crippen LogP contribution in [0, 0.1) is 5.92 Å². The van der Waals surface area contributed by atoms with E-state index in [1.807, 2.05) is 0 Å². The molecule has 2 saturated carbocycles. The summed E-state index contributed by atoms with van der Waals surface area (Å²) in [6.07, 6.45) is 10.3. The summed E-state index contributed by atoms with van der Waals surface area (Å²) >= 11 is 0.